The van der Waals surface area contributed by atoms with E-state index in [-0.39, 0.29) is 34.3 Å². The molecule has 1 fully saturated rings. The Morgan fingerprint density at radius 2 is 1.51 bits per heavy atom. The summed E-state index contributed by atoms with van der Waals surface area (Å²) in [5, 5.41) is 2.17. The summed E-state index contributed by atoms with van der Waals surface area (Å²) >= 11 is 0. The maximum Gasteiger partial charge on any atom is 0.312 e. The monoisotopic (exact) mass is 620 g/mol. The molecule has 4 aromatic rings. The van der Waals surface area contributed by atoms with E-state index in [1.165, 1.54) is 10.4 Å². The summed E-state index contributed by atoms with van der Waals surface area (Å²) in [6.07, 6.45) is 1.04. The minimum Gasteiger partial charge on any atom is -0.411 e. The third-order valence-electron chi connectivity index (χ3n) is 8.88. The van der Waals surface area contributed by atoms with Crippen molar-refractivity contribution in [2.75, 3.05) is 12.3 Å². The molecule has 0 unspecified atom stereocenters. The van der Waals surface area contributed by atoms with Crippen LogP contribution in [0.2, 0.25) is 23.2 Å². The fourth-order valence-electron chi connectivity index (χ4n) is 5.62. The highest BCUT2D eigenvalue weighted by molar-refractivity contribution is 6.99. The van der Waals surface area contributed by atoms with Crippen LogP contribution in [-0.2, 0) is 13.6 Å². The molecule has 1 saturated heterocycles. The number of hydrogen-bond donors (Lipinski definition) is 1. The third kappa shape index (κ3) is 5.93. The number of nitrogens with two attached hydrogens (primary N) is 1. The summed E-state index contributed by atoms with van der Waals surface area (Å²) in [5.41, 5.74) is 6.58. The van der Waals surface area contributed by atoms with Crippen molar-refractivity contribution < 1.29 is 18.0 Å². The lowest BCUT2D eigenvalue weighted by Gasteiger charge is -2.44. The predicted molar refractivity (Wildman–Crippen MR) is 173 cm³/mol. The van der Waals surface area contributed by atoms with Gasteiger partial charge < -0.3 is 19.3 Å². The number of nitrogen functional groups attached to an aromatic ring is 1. The Morgan fingerprint density at radius 1 is 0.930 bits per heavy atom. The van der Waals surface area contributed by atoms with Crippen molar-refractivity contribution in [3.05, 3.63) is 79.2 Å². The van der Waals surface area contributed by atoms with Crippen LogP contribution < -0.4 is 16.1 Å². The summed E-state index contributed by atoms with van der Waals surface area (Å²) in [6, 6.07) is 21.1. The maximum atomic E-state index is 14.2. The van der Waals surface area contributed by atoms with E-state index in [1.54, 1.807) is 10.9 Å². The molecular formula is C32H43FN5O3Si2. The molecule has 1 radical (unpaired) electrons. The van der Waals surface area contributed by atoms with Crippen LogP contribution in [0.1, 0.15) is 54.2 Å². The van der Waals surface area contributed by atoms with Gasteiger partial charge in [0.15, 0.2) is 31.4 Å². The lowest BCUT2D eigenvalue weighted by Crippen LogP contribution is -2.67. The number of nitrogens with zero attached hydrogens (tertiary/aromatic N) is 4. The smallest absolute Gasteiger partial charge is 0.312 e. The Morgan fingerprint density at radius 3 is 2.05 bits per heavy atom. The van der Waals surface area contributed by atoms with Gasteiger partial charge in [-0.3, -0.25) is 4.57 Å². The Labute approximate surface area is 256 Å². The summed E-state index contributed by atoms with van der Waals surface area (Å²) in [7, 11) is -5.05. The predicted octanol–water partition coefficient (Wildman–Crippen LogP) is 5.97. The van der Waals surface area contributed by atoms with Crippen LogP contribution >= 0.6 is 0 Å². The van der Waals surface area contributed by atoms with Gasteiger partial charge in [-0.2, -0.15) is 14.4 Å². The van der Waals surface area contributed by atoms with Crippen LogP contribution in [0.3, 0.4) is 0 Å². The molecular weight excluding hydrogens is 578 g/mol. The van der Waals surface area contributed by atoms with Crippen molar-refractivity contribution in [3.63, 3.8) is 0 Å². The normalized spacial score (nSPS) is 18.9. The largest absolute Gasteiger partial charge is 0.411 e. The molecule has 0 amide bonds. The second kappa shape index (κ2) is 11.5. The molecule has 2 aromatic carbocycles. The molecule has 2 atom stereocenters. The van der Waals surface area contributed by atoms with E-state index >= 15 is 0 Å². The van der Waals surface area contributed by atoms with E-state index in [2.05, 4.69) is 118 Å². The van der Waals surface area contributed by atoms with Gasteiger partial charge in [-0.15, -0.1) is 0 Å². The van der Waals surface area contributed by atoms with Crippen molar-refractivity contribution in [3.8, 4) is 0 Å². The summed E-state index contributed by atoms with van der Waals surface area (Å²) in [5.74, 6) is -0.00691. The van der Waals surface area contributed by atoms with Gasteiger partial charge >= 0.3 is 6.08 Å². The first-order chi connectivity index (χ1) is 20.1. The average molecular weight is 621 g/mol. The number of halogens is 1. The number of hydrogen-bond acceptors (Lipinski definition) is 7. The molecule has 11 heteroatoms. The first-order valence-electron chi connectivity index (χ1n) is 14.7. The molecule has 43 heavy (non-hydrogen) atoms. The molecule has 0 bridgehead atoms. The Hall–Kier alpha value is -2.97. The van der Waals surface area contributed by atoms with Crippen LogP contribution in [-0.4, -0.2) is 48.9 Å². The number of anilines is 1. The zero-order chi connectivity index (χ0) is 31.2. The molecule has 0 saturated carbocycles. The van der Waals surface area contributed by atoms with Gasteiger partial charge in [0.25, 0.3) is 8.32 Å². The zero-order valence-corrected chi connectivity index (χ0v) is 28.4. The third-order valence-corrected chi connectivity index (χ3v) is 18.4. The standard InChI is InChI=1S/C32H43FN5O3Si2/c1-31(2,3)42(7,8)41-24-19-26(38-21-35-27-28(34)36-30(33)37-29(27)38)40-25(24)20-39-43(32(4,5)6,22-15-11-9-12-16-22)23-17-13-10-14-18-23/h9-18,21,24,26H,19-20H2,1-8H3,(H2,34,36,37)/t24-,26+/m0/s1. The van der Waals surface area contributed by atoms with Crippen molar-refractivity contribution in [1.82, 2.24) is 19.5 Å². The molecule has 1 aliphatic rings. The second-order valence-corrected chi connectivity index (χ2v) is 22.9. The van der Waals surface area contributed by atoms with Gasteiger partial charge in [0.05, 0.1) is 19.0 Å². The number of benzene rings is 2. The molecule has 2 N–H and O–H groups in total. The van der Waals surface area contributed by atoms with Gasteiger partial charge in [-0.25, -0.2) is 4.98 Å². The number of ether oxygens (including phenoxy) is 1. The molecule has 3 heterocycles. The first kappa shape index (κ1) is 31.5. The number of aromatic nitrogens is 4. The molecule has 1 aliphatic heterocycles. The minimum absolute atomic E-state index is 0.00691. The highest BCUT2D eigenvalue weighted by atomic mass is 28.4. The Bertz CT molecular complexity index is 1520. The Balaban J connectivity index is 1.54. The van der Waals surface area contributed by atoms with Crippen LogP contribution in [0.4, 0.5) is 10.2 Å². The first-order valence-corrected chi connectivity index (χ1v) is 19.6. The molecule has 5 rings (SSSR count). The molecule has 8 nitrogen and oxygen atoms in total. The second-order valence-electron chi connectivity index (χ2n) is 13.8. The van der Waals surface area contributed by atoms with Crippen LogP contribution in [0.5, 0.6) is 0 Å². The van der Waals surface area contributed by atoms with E-state index in [4.69, 9.17) is 19.3 Å². The maximum absolute atomic E-state index is 14.2. The van der Waals surface area contributed by atoms with E-state index in [0.29, 0.717) is 18.0 Å². The molecule has 2 aromatic heterocycles. The van der Waals surface area contributed by atoms with Crippen molar-refractivity contribution in [2.24, 2.45) is 0 Å². The fourth-order valence-corrected chi connectivity index (χ4v) is 11.4. The van der Waals surface area contributed by atoms with Crippen molar-refractivity contribution in [2.45, 2.75) is 83.5 Å². The number of imidazole rings is 1. The number of fused-ring (bicyclic) bond motifs is 1. The summed E-state index contributed by atoms with van der Waals surface area (Å²) in [4.78, 5) is 12.0. The van der Waals surface area contributed by atoms with E-state index in [9.17, 15) is 4.39 Å². The van der Waals surface area contributed by atoms with E-state index < -0.39 is 28.9 Å². The average Bonchev–Trinajstić information content (AvgIpc) is 3.52. The lowest BCUT2D eigenvalue weighted by atomic mass is 10.2. The summed E-state index contributed by atoms with van der Waals surface area (Å²) in [6.45, 7) is 18.1. The molecule has 0 spiro atoms. The quantitative estimate of drug-likeness (QED) is 0.192. The number of rotatable bonds is 8. The van der Waals surface area contributed by atoms with Crippen LogP contribution in [0.25, 0.3) is 11.2 Å². The van der Waals surface area contributed by atoms with Gasteiger partial charge in [-0.1, -0.05) is 102 Å². The summed E-state index contributed by atoms with van der Waals surface area (Å²) < 4.78 is 36.8. The van der Waals surface area contributed by atoms with E-state index in [0.717, 1.165) is 0 Å². The highest BCUT2D eigenvalue weighted by Gasteiger charge is 2.52. The minimum atomic E-state index is -2.84. The fraction of sp³-hybridized carbons (Fsp3) is 0.438. The van der Waals surface area contributed by atoms with Gasteiger partial charge in [0, 0.05) is 6.42 Å². The lowest BCUT2D eigenvalue weighted by molar-refractivity contribution is 0.0314. The van der Waals surface area contributed by atoms with E-state index in [1.807, 2.05) is 12.1 Å². The van der Waals surface area contributed by atoms with Gasteiger partial charge in [0.1, 0.15) is 6.23 Å². The van der Waals surface area contributed by atoms with Crippen LogP contribution in [0, 0.1) is 12.2 Å². The van der Waals surface area contributed by atoms with Crippen LogP contribution in [0.15, 0.2) is 67.0 Å². The van der Waals surface area contributed by atoms with Crippen molar-refractivity contribution >= 4 is 44.0 Å². The zero-order valence-electron chi connectivity index (χ0n) is 26.4. The topological polar surface area (TPSA) is 97.3 Å². The molecule has 229 valence electrons. The van der Waals surface area contributed by atoms with Crippen molar-refractivity contribution in [1.29, 1.82) is 0 Å². The highest BCUT2D eigenvalue weighted by Crippen LogP contribution is 2.45. The Kier molecular flexibility index (Phi) is 8.42. The molecule has 0 aliphatic carbocycles. The van der Waals surface area contributed by atoms with Gasteiger partial charge in [-0.05, 0) is 33.5 Å². The SMILES string of the molecule is CC(C)(C)[Si](C)(C)O[C@H]1C[C@H](n2cnc3c(N)nc(F)nc32)O[C]1CO[Si](c1ccccc1)(c1ccccc1)C(C)(C)C. The van der Waals surface area contributed by atoms with Gasteiger partial charge in [0.2, 0.25) is 0 Å².